The number of nitrogens with one attached hydrogen (secondary N) is 1. The van der Waals surface area contributed by atoms with Gasteiger partial charge in [-0.1, -0.05) is 32.9 Å². The van der Waals surface area contributed by atoms with Gasteiger partial charge in [-0.15, -0.1) is 0 Å². The molecule has 2 N–H and O–H groups in total. The van der Waals surface area contributed by atoms with Crippen molar-refractivity contribution in [2.75, 3.05) is 0 Å². The molecule has 0 saturated carbocycles. The molecule has 1 heterocycles. The number of aromatic amines is 1. The van der Waals surface area contributed by atoms with E-state index in [1.165, 1.54) is 5.56 Å². The second-order valence-electron chi connectivity index (χ2n) is 6.78. The van der Waals surface area contributed by atoms with Crippen molar-refractivity contribution in [1.29, 1.82) is 0 Å². The van der Waals surface area contributed by atoms with Crippen LogP contribution in [0, 0.1) is 0 Å². The summed E-state index contributed by atoms with van der Waals surface area (Å²) in [6.07, 6.45) is 0. The van der Waals surface area contributed by atoms with Gasteiger partial charge in [-0.2, -0.15) is 0 Å². The summed E-state index contributed by atoms with van der Waals surface area (Å²) in [5, 5.41) is 9.02. The van der Waals surface area contributed by atoms with Gasteiger partial charge in [-0.3, -0.25) is 0 Å². The second kappa shape index (κ2) is 6.00. The summed E-state index contributed by atoms with van der Waals surface area (Å²) in [6.45, 7) is 6.81. The lowest BCUT2D eigenvalue weighted by Crippen LogP contribution is -2.10. The minimum Gasteiger partial charge on any atom is -0.486 e. The molecule has 3 aromatic rings. The predicted octanol–water partition coefficient (Wildman–Crippen LogP) is 4.14. The lowest BCUT2D eigenvalue weighted by molar-refractivity contribution is 0.0697. The number of hydrogen-bond donors (Lipinski definition) is 2. The van der Waals surface area contributed by atoms with Crippen molar-refractivity contribution < 1.29 is 14.6 Å². The van der Waals surface area contributed by atoms with E-state index in [9.17, 15) is 4.79 Å². The summed E-state index contributed by atoms with van der Waals surface area (Å²) in [6, 6.07) is 12.8. The third-order valence-corrected chi connectivity index (χ3v) is 3.87. The summed E-state index contributed by atoms with van der Waals surface area (Å²) in [7, 11) is 0. The molecule has 0 aliphatic heterocycles. The zero-order valence-corrected chi connectivity index (χ0v) is 14.0. The molecular formula is C19H20N2O3. The number of aromatic nitrogens is 2. The third-order valence-electron chi connectivity index (χ3n) is 3.87. The van der Waals surface area contributed by atoms with E-state index in [1.807, 2.05) is 12.1 Å². The molecule has 3 rings (SSSR count). The van der Waals surface area contributed by atoms with Gasteiger partial charge in [0.25, 0.3) is 0 Å². The van der Waals surface area contributed by atoms with Crippen LogP contribution in [0.4, 0.5) is 0 Å². The summed E-state index contributed by atoms with van der Waals surface area (Å²) in [4.78, 5) is 18.5. The van der Waals surface area contributed by atoms with Crippen LogP contribution in [0.5, 0.6) is 5.75 Å². The molecule has 0 unspecified atom stereocenters. The molecule has 0 radical (unpaired) electrons. The molecule has 5 heteroatoms. The predicted molar refractivity (Wildman–Crippen MR) is 92.5 cm³/mol. The first-order valence-corrected chi connectivity index (χ1v) is 7.78. The Morgan fingerprint density at radius 2 is 1.88 bits per heavy atom. The smallest absolute Gasteiger partial charge is 0.335 e. The van der Waals surface area contributed by atoms with Crippen molar-refractivity contribution in [1.82, 2.24) is 9.97 Å². The Labute approximate surface area is 140 Å². The van der Waals surface area contributed by atoms with E-state index in [0.29, 0.717) is 17.9 Å². The van der Waals surface area contributed by atoms with Crippen LogP contribution in [0.25, 0.3) is 11.0 Å². The zero-order chi connectivity index (χ0) is 17.3. The number of carboxylic acids is 1. The lowest BCUT2D eigenvalue weighted by atomic mass is 9.87. The quantitative estimate of drug-likeness (QED) is 0.756. The number of nitrogens with zero attached hydrogens (tertiary/aromatic N) is 1. The summed E-state index contributed by atoms with van der Waals surface area (Å²) >= 11 is 0. The molecule has 0 bridgehead atoms. The number of hydrogen-bond acceptors (Lipinski definition) is 3. The Morgan fingerprint density at radius 1 is 1.17 bits per heavy atom. The maximum absolute atomic E-state index is 11.0. The van der Waals surface area contributed by atoms with Crippen LogP contribution in [0.3, 0.4) is 0 Å². The van der Waals surface area contributed by atoms with Gasteiger partial charge in [0.1, 0.15) is 18.2 Å². The lowest BCUT2D eigenvalue weighted by Gasteiger charge is -2.19. The zero-order valence-electron chi connectivity index (χ0n) is 14.0. The fourth-order valence-corrected chi connectivity index (χ4v) is 2.47. The molecule has 5 nitrogen and oxygen atoms in total. The Balaban J connectivity index is 1.72. The molecule has 124 valence electrons. The van der Waals surface area contributed by atoms with E-state index in [2.05, 4.69) is 42.9 Å². The number of aromatic carboxylic acids is 1. The van der Waals surface area contributed by atoms with E-state index in [-0.39, 0.29) is 11.0 Å². The number of ether oxygens (including phenoxy) is 1. The Kier molecular flexibility index (Phi) is 4.01. The molecule has 0 amide bonds. The standard InChI is InChI=1S/C19H20N2O3/c1-19(2,3)13-5-7-14(8-6-13)24-11-17-20-15-9-4-12(18(22)23)10-16(15)21-17/h4-10H,11H2,1-3H3,(H,20,21)(H,22,23). The van der Waals surface area contributed by atoms with Crippen molar-refractivity contribution in [3.8, 4) is 5.75 Å². The largest absolute Gasteiger partial charge is 0.486 e. The van der Waals surface area contributed by atoms with Gasteiger partial charge >= 0.3 is 5.97 Å². The highest BCUT2D eigenvalue weighted by molar-refractivity contribution is 5.92. The minimum absolute atomic E-state index is 0.110. The van der Waals surface area contributed by atoms with Crippen LogP contribution >= 0.6 is 0 Å². The third kappa shape index (κ3) is 3.40. The number of carbonyl (C=O) groups is 1. The van der Waals surface area contributed by atoms with Crippen LogP contribution in [0.15, 0.2) is 42.5 Å². The molecule has 0 aliphatic carbocycles. The minimum atomic E-state index is -0.955. The van der Waals surface area contributed by atoms with E-state index in [0.717, 1.165) is 11.3 Å². The van der Waals surface area contributed by atoms with E-state index in [1.54, 1.807) is 18.2 Å². The maximum atomic E-state index is 11.0. The first-order chi connectivity index (χ1) is 11.3. The molecule has 1 aromatic heterocycles. The van der Waals surface area contributed by atoms with Crippen LogP contribution < -0.4 is 4.74 Å². The van der Waals surface area contributed by atoms with Gasteiger partial charge in [-0.25, -0.2) is 9.78 Å². The SMILES string of the molecule is CC(C)(C)c1ccc(OCc2nc3ccc(C(=O)O)cc3[nH]2)cc1. The van der Waals surface area contributed by atoms with Crippen LogP contribution in [-0.4, -0.2) is 21.0 Å². The first-order valence-electron chi connectivity index (χ1n) is 7.78. The Morgan fingerprint density at radius 3 is 2.50 bits per heavy atom. The van der Waals surface area contributed by atoms with Crippen molar-refractivity contribution in [3.05, 3.63) is 59.4 Å². The number of benzene rings is 2. The fraction of sp³-hybridized carbons (Fsp3) is 0.263. The average Bonchev–Trinajstić information content (AvgIpc) is 2.94. The molecular weight excluding hydrogens is 304 g/mol. The molecule has 0 aliphatic rings. The normalized spacial score (nSPS) is 11.6. The Bertz CT molecular complexity index is 874. The Hall–Kier alpha value is -2.82. The summed E-state index contributed by atoms with van der Waals surface area (Å²) in [5.41, 5.74) is 3.01. The molecule has 0 fully saturated rings. The van der Waals surface area contributed by atoms with Gasteiger partial charge < -0.3 is 14.8 Å². The molecule has 24 heavy (non-hydrogen) atoms. The van der Waals surface area contributed by atoms with E-state index < -0.39 is 5.97 Å². The highest BCUT2D eigenvalue weighted by Gasteiger charge is 2.13. The molecule has 2 aromatic carbocycles. The number of carboxylic acid groups (broad SMARTS) is 1. The number of rotatable bonds is 4. The van der Waals surface area contributed by atoms with Gasteiger partial charge in [0.05, 0.1) is 16.6 Å². The van der Waals surface area contributed by atoms with Crippen molar-refractivity contribution in [2.24, 2.45) is 0 Å². The highest BCUT2D eigenvalue weighted by Crippen LogP contribution is 2.24. The summed E-state index contributed by atoms with van der Waals surface area (Å²) < 4.78 is 5.76. The molecule has 0 atom stereocenters. The van der Waals surface area contributed by atoms with Gasteiger partial charge in [0.2, 0.25) is 0 Å². The van der Waals surface area contributed by atoms with Gasteiger partial charge in [0, 0.05) is 0 Å². The fourth-order valence-electron chi connectivity index (χ4n) is 2.47. The maximum Gasteiger partial charge on any atom is 0.335 e. The highest BCUT2D eigenvalue weighted by atomic mass is 16.5. The van der Waals surface area contributed by atoms with Crippen molar-refractivity contribution in [2.45, 2.75) is 32.8 Å². The number of H-pyrrole nitrogens is 1. The average molecular weight is 324 g/mol. The topological polar surface area (TPSA) is 75.2 Å². The van der Waals surface area contributed by atoms with Crippen molar-refractivity contribution in [3.63, 3.8) is 0 Å². The molecule has 0 spiro atoms. The van der Waals surface area contributed by atoms with E-state index in [4.69, 9.17) is 9.84 Å². The van der Waals surface area contributed by atoms with Crippen LogP contribution in [0.2, 0.25) is 0 Å². The van der Waals surface area contributed by atoms with Crippen molar-refractivity contribution >= 4 is 17.0 Å². The number of fused-ring (bicyclic) bond motifs is 1. The molecule has 0 saturated heterocycles. The van der Waals surface area contributed by atoms with Crippen LogP contribution in [-0.2, 0) is 12.0 Å². The van der Waals surface area contributed by atoms with E-state index >= 15 is 0 Å². The van der Waals surface area contributed by atoms with Gasteiger partial charge in [-0.05, 0) is 41.3 Å². The number of imidazole rings is 1. The first kappa shape index (κ1) is 16.1. The van der Waals surface area contributed by atoms with Crippen LogP contribution in [0.1, 0.15) is 42.5 Å². The monoisotopic (exact) mass is 324 g/mol. The van der Waals surface area contributed by atoms with Gasteiger partial charge in [0.15, 0.2) is 0 Å². The summed E-state index contributed by atoms with van der Waals surface area (Å²) in [5.74, 6) is 0.477. The second-order valence-corrected chi connectivity index (χ2v) is 6.78.